The Morgan fingerprint density at radius 2 is 1.79 bits per heavy atom. The van der Waals surface area contributed by atoms with Gasteiger partial charge >= 0.3 is 0 Å². The van der Waals surface area contributed by atoms with E-state index in [2.05, 4.69) is 15.6 Å². The molecule has 2 aromatic rings. The Kier molecular flexibility index (Phi) is 8.53. The van der Waals surface area contributed by atoms with Crippen molar-refractivity contribution in [1.29, 1.82) is 0 Å². The highest BCUT2D eigenvalue weighted by atomic mass is 16.3. The number of amides is 2. The molecule has 230 valence electrons. The van der Waals surface area contributed by atoms with Crippen LogP contribution in [0.2, 0.25) is 0 Å². The second-order valence-electron chi connectivity index (χ2n) is 12.7. The van der Waals surface area contributed by atoms with Gasteiger partial charge in [0.15, 0.2) is 5.78 Å². The molecule has 1 saturated heterocycles. The third-order valence-corrected chi connectivity index (χ3v) is 9.95. The molecule has 0 saturated carbocycles. The molecule has 3 aliphatic rings. The largest absolute Gasteiger partial charge is 0.388 e. The lowest BCUT2D eigenvalue weighted by atomic mass is 9.54. The normalized spacial score (nSPS) is 37.3. The molecule has 5 rings (SSSR count). The van der Waals surface area contributed by atoms with Crippen LogP contribution in [0.1, 0.15) is 53.0 Å². The number of fused-ring (bicyclic) bond motifs is 1. The highest BCUT2D eigenvalue weighted by molar-refractivity contribution is 6.10. The summed E-state index contributed by atoms with van der Waals surface area (Å²) in [4.78, 5) is 44.6. The Labute approximate surface area is 252 Å². The van der Waals surface area contributed by atoms with Gasteiger partial charge in [-0.05, 0) is 62.3 Å². The van der Waals surface area contributed by atoms with E-state index in [0.717, 1.165) is 27.6 Å². The third-order valence-electron chi connectivity index (χ3n) is 9.95. The Hall–Kier alpha value is -3.53. The lowest BCUT2D eigenvalue weighted by Gasteiger charge is -2.46. The van der Waals surface area contributed by atoms with Gasteiger partial charge in [0.25, 0.3) is 0 Å². The maximum atomic E-state index is 14.7. The van der Waals surface area contributed by atoms with E-state index in [1.165, 1.54) is 6.92 Å². The molecule has 43 heavy (non-hydrogen) atoms. The Morgan fingerprint density at radius 3 is 2.51 bits per heavy atom. The van der Waals surface area contributed by atoms with E-state index >= 15 is 0 Å². The van der Waals surface area contributed by atoms with Crippen molar-refractivity contribution in [2.75, 3.05) is 0 Å². The van der Waals surface area contributed by atoms with Crippen LogP contribution in [0.3, 0.4) is 0 Å². The van der Waals surface area contributed by atoms with Crippen molar-refractivity contribution in [3.8, 4) is 0 Å². The van der Waals surface area contributed by atoms with Crippen LogP contribution in [0, 0.1) is 23.2 Å². The summed E-state index contributed by atoms with van der Waals surface area (Å²) in [6.45, 7) is 8.68. The third kappa shape index (κ3) is 5.28. The minimum absolute atomic E-state index is 0.0355. The molecule has 0 bridgehead atoms. The second kappa shape index (κ2) is 11.9. The number of para-hydroxylation sites is 1. The van der Waals surface area contributed by atoms with Crippen molar-refractivity contribution in [3.63, 3.8) is 0 Å². The van der Waals surface area contributed by atoms with E-state index in [1.54, 1.807) is 13.0 Å². The predicted octanol–water partition coefficient (Wildman–Crippen LogP) is 2.87. The average molecular weight is 590 g/mol. The number of H-pyrrole nitrogens is 1. The molecule has 6 N–H and O–H groups in total. The Balaban J connectivity index is 1.66. The molecule has 1 spiro atoms. The number of aliphatic hydroxyl groups is 3. The fourth-order valence-corrected chi connectivity index (χ4v) is 7.71. The Morgan fingerprint density at radius 1 is 1.07 bits per heavy atom. The van der Waals surface area contributed by atoms with Crippen LogP contribution in [-0.2, 0) is 20.8 Å². The smallest absolute Gasteiger partial charge is 0.235 e. The van der Waals surface area contributed by atoms with E-state index in [9.17, 15) is 29.7 Å². The van der Waals surface area contributed by atoms with Crippen LogP contribution >= 0.6 is 0 Å². The molecule has 2 heterocycles. The first-order chi connectivity index (χ1) is 20.4. The summed E-state index contributed by atoms with van der Waals surface area (Å²) >= 11 is 0. The highest BCUT2D eigenvalue weighted by Crippen LogP contribution is 2.55. The van der Waals surface area contributed by atoms with Crippen LogP contribution in [0.15, 0.2) is 65.4 Å². The molecule has 0 radical (unpaired) electrons. The van der Waals surface area contributed by atoms with E-state index in [4.69, 9.17) is 0 Å². The zero-order valence-electron chi connectivity index (χ0n) is 25.4. The van der Waals surface area contributed by atoms with Gasteiger partial charge in [0.2, 0.25) is 11.8 Å². The van der Waals surface area contributed by atoms with E-state index in [1.807, 2.05) is 63.4 Å². The standard InChI is InChI=1S/C34H43N3O6/c1-17-9-8-11-24-31(41)20(4)19(3)29-26(14-22-16-35-25-12-7-6-10-23(22)25)37-33(43)34(24,29)28(39)15-27(36-21(5)38)32(42)30(40)18(2)13-17/h6-8,10-13,16-17,24,26-27,29-32,35,40-42H,9,14-15H2,1-5H3,(H,36,38)(H,37,43)/b11-8+,18-13-/t17-,24-,26+,27+,29-,30-,31-,32+,34-/m0/s1. The number of aromatic nitrogens is 1. The summed E-state index contributed by atoms with van der Waals surface area (Å²) in [6, 6.07) is 6.32. The number of carbonyl (C=O) groups is 3. The summed E-state index contributed by atoms with van der Waals surface area (Å²) in [5.41, 5.74) is 2.32. The summed E-state index contributed by atoms with van der Waals surface area (Å²) in [7, 11) is 0. The van der Waals surface area contributed by atoms with Crippen LogP contribution in [0.4, 0.5) is 0 Å². The second-order valence-corrected chi connectivity index (χ2v) is 12.7. The number of ketones is 1. The fraction of sp³-hybridized carbons (Fsp3) is 0.500. The number of Topliss-reactive ketones (excluding diaryl/α,β-unsaturated/α-hetero) is 1. The molecule has 9 heteroatoms. The minimum atomic E-state index is -1.68. The van der Waals surface area contributed by atoms with Crippen molar-refractivity contribution in [2.24, 2.45) is 23.2 Å². The summed E-state index contributed by atoms with van der Waals surface area (Å²) < 4.78 is 0. The summed E-state index contributed by atoms with van der Waals surface area (Å²) in [5, 5.41) is 40.8. The van der Waals surface area contributed by atoms with E-state index in [-0.39, 0.29) is 5.92 Å². The van der Waals surface area contributed by atoms with Crippen LogP contribution < -0.4 is 10.6 Å². The molecule has 1 aromatic carbocycles. The molecule has 1 fully saturated rings. The number of aromatic amines is 1. The molecular weight excluding hydrogens is 546 g/mol. The summed E-state index contributed by atoms with van der Waals surface area (Å²) in [5.74, 6) is -2.91. The number of carbonyl (C=O) groups excluding carboxylic acids is 3. The van der Waals surface area contributed by atoms with Gasteiger partial charge in [0, 0.05) is 48.3 Å². The monoisotopic (exact) mass is 589 g/mol. The maximum absolute atomic E-state index is 14.7. The number of rotatable bonds is 3. The fourth-order valence-electron chi connectivity index (χ4n) is 7.71. The van der Waals surface area contributed by atoms with Gasteiger partial charge in [0.1, 0.15) is 17.6 Å². The highest BCUT2D eigenvalue weighted by Gasteiger charge is 2.67. The number of nitrogens with one attached hydrogen (secondary N) is 3. The number of hydrogen-bond donors (Lipinski definition) is 6. The first-order valence-corrected chi connectivity index (χ1v) is 15.1. The minimum Gasteiger partial charge on any atom is -0.388 e. The van der Waals surface area contributed by atoms with Crippen LogP contribution in [0.25, 0.3) is 10.9 Å². The molecule has 0 unspecified atom stereocenters. The lowest BCUT2D eigenvalue weighted by molar-refractivity contribution is -0.148. The number of allylic oxidation sites excluding steroid dienone is 2. The lowest BCUT2D eigenvalue weighted by Crippen LogP contribution is -2.58. The average Bonchev–Trinajstić information content (AvgIpc) is 3.50. The van der Waals surface area contributed by atoms with E-state index < -0.39 is 71.7 Å². The van der Waals surface area contributed by atoms with Gasteiger partial charge in [-0.3, -0.25) is 14.4 Å². The van der Waals surface area contributed by atoms with Gasteiger partial charge < -0.3 is 30.9 Å². The molecule has 1 aromatic heterocycles. The van der Waals surface area contributed by atoms with E-state index in [0.29, 0.717) is 18.4 Å². The Bertz CT molecular complexity index is 1520. The van der Waals surface area contributed by atoms with Gasteiger partial charge in [0.05, 0.1) is 12.1 Å². The SMILES string of the molecule is CC(=O)N[C@@H]1CC(=O)[C@]23C(=O)N[C@H](Cc4c[nH]c5ccccc45)[C@@H]2C(C)=C(C)[C@H](O)[C@@H]3/C=C/C[C@H](C)/C=C(/C)[C@H](O)[C@@H]1O. The zero-order chi connectivity index (χ0) is 31.2. The topological polar surface area (TPSA) is 152 Å². The van der Waals surface area contributed by atoms with Gasteiger partial charge in [-0.1, -0.05) is 48.9 Å². The van der Waals surface area contributed by atoms with Gasteiger partial charge in [-0.2, -0.15) is 0 Å². The van der Waals surface area contributed by atoms with Crippen LogP contribution in [0.5, 0.6) is 0 Å². The quantitative estimate of drug-likeness (QED) is 0.239. The summed E-state index contributed by atoms with van der Waals surface area (Å²) in [6.07, 6.45) is 4.19. The maximum Gasteiger partial charge on any atom is 0.235 e. The predicted molar refractivity (Wildman–Crippen MR) is 164 cm³/mol. The van der Waals surface area contributed by atoms with Crippen molar-refractivity contribution in [2.45, 2.75) is 84.3 Å². The molecular formula is C34H43N3O6. The molecule has 1 aliphatic heterocycles. The van der Waals surface area contributed by atoms with Crippen molar-refractivity contribution in [3.05, 3.63) is 71.0 Å². The molecule has 2 aliphatic carbocycles. The zero-order valence-corrected chi connectivity index (χ0v) is 25.4. The first-order valence-electron chi connectivity index (χ1n) is 15.1. The van der Waals surface area contributed by atoms with Crippen molar-refractivity contribution < 1.29 is 29.7 Å². The van der Waals surface area contributed by atoms with Crippen LogP contribution in [-0.4, -0.2) is 68.3 Å². The number of benzene rings is 1. The first kappa shape index (κ1) is 30.9. The number of hydrogen-bond acceptors (Lipinski definition) is 6. The molecule has 9 atom stereocenters. The molecule has 9 nitrogen and oxygen atoms in total. The molecule has 2 amide bonds. The van der Waals surface area contributed by atoms with Crippen molar-refractivity contribution in [1.82, 2.24) is 15.6 Å². The van der Waals surface area contributed by atoms with Crippen molar-refractivity contribution >= 4 is 28.5 Å². The van der Waals surface area contributed by atoms with Gasteiger partial charge in [-0.25, -0.2) is 0 Å². The number of aliphatic hydroxyl groups excluding tert-OH is 3. The van der Waals surface area contributed by atoms with Gasteiger partial charge in [-0.15, -0.1) is 0 Å².